The first kappa shape index (κ1) is 16.7. The van der Waals surface area contributed by atoms with Gasteiger partial charge in [0.1, 0.15) is 6.10 Å². The summed E-state index contributed by atoms with van der Waals surface area (Å²) in [6.45, 7) is 6.61. The Hall–Kier alpha value is -0.650. The number of nitrogens with zero attached hydrogens (tertiary/aromatic N) is 2. The highest BCUT2D eigenvalue weighted by molar-refractivity contribution is 5.80. The molecule has 0 saturated carbocycles. The Balaban J connectivity index is 1.75. The lowest BCUT2D eigenvalue weighted by Crippen LogP contribution is -2.52. The highest BCUT2D eigenvalue weighted by atomic mass is 16.5. The van der Waals surface area contributed by atoms with Crippen LogP contribution in [0, 0.1) is 5.92 Å². The second kappa shape index (κ2) is 7.07. The van der Waals surface area contributed by atoms with Gasteiger partial charge in [-0.1, -0.05) is 6.92 Å². The standard InChI is InChI=1S/C16H31N3O2/c1-11-10-19(5)12(2)8-14(11)17-9-13-6-7-15(21-13)16(20)18(3)4/h11-15,17H,6-10H2,1-5H3. The summed E-state index contributed by atoms with van der Waals surface area (Å²) in [5.74, 6) is 0.755. The van der Waals surface area contributed by atoms with Gasteiger partial charge < -0.3 is 19.9 Å². The third-order valence-electron chi connectivity index (χ3n) is 5.04. The van der Waals surface area contributed by atoms with Crippen LogP contribution in [0.15, 0.2) is 0 Å². The van der Waals surface area contributed by atoms with Gasteiger partial charge in [-0.2, -0.15) is 0 Å². The van der Waals surface area contributed by atoms with Crippen LogP contribution in [0.3, 0.4) is 0 Å². The number of ether oxygens (including phenoxy) is 1. The largest absolute Gasteiger partial charge is 0.364 e. The van der Waals surface area contributed by atoms with E-state index in [1.807, 2.05) is 0 Å². The summed E-state index contributed by atoms with van der Waals surface area (Å²) < 4.78 is 5.89. The van der Waals surface area contributed by atoms with Crippen molar-refractivity contribution in [3.8, 4) is 0 Å². The van der Waals surface area contributed by atoms with E-state index in [2.05, 4.69) is 31.1 Å². The number of rotatable bonds is 4. The Kier molecular flexibility index (Phi) is 5.63. The minimum atomic E-state index is -0.236. The molecular weight excluding hydrogens is 266 g/mol. The van der Waals surface area contributed by atoms with Crippen molar-refractivity contribution < 1.29 is 9.53 Å². The van der Waals surface area contributed by atoms with Crippen LogP contribution in [0.25, 0.3) is 0 Å². The van der Waals surface area contributed by atoms with E-state index in [4.69, 9.17) is 4.74 Å². The second-order valence-electron chi connectivity index (χ2n) is 7.07. The summed E-state index contributed by atoms with van der Waals surface area (Å²) in [4.78, 5) is 16.0. The number of amides is 1. The van der Waals surface area contributed by atoms with Crippen LogP contribution in [-0.4, -0.2) is 74.2 Å². The molecule has 2 saturated heterocycles. The van der Waals surface area contributed by atoms with Crippen LogP contribution < -0.4 is 5.32 Å². The third-order valence-corrected chi connectivity index (χ3v) is 5.04. The minimum Gasteiger partial charge on any atom is -0.364 e. The van der Waals surface area contributed by atoms with Crippen molar-refractivity contribution in [1.29, 1.82) is 0 Å². The first-order chi connectivity index (χ1) is 9.88. The Labute approximate surface area is 129 Å². The average Bonchev–Trinajstić information content (AvgIpc) is 2.89. The van der Waals surface area contributed by atoms with Gasteiger partial charge in [0.05, 0.1) is 6.10 Å². The van der Waals surface area contributed by atoms with Crippen molar-refractivity contribution in [2.24, 2.45) is 5.92 Å². The van der Waals surface area contributed by atoms with Gasteiger partial charge in [0.25, 0.3) is 5.91 Å². The molecule has 2 rings (SSSR count). The van der Waals surface area contributed by atoms with Crippen molar-refractivity contribution >= 4 is 5.91 Å². The van der Waals surface area contributed by atoms with Crippen LogP contribution in [0.1, 0.15) is 33.1 Å². The summed E-state index contributed by atoms with van der Waals surface area (Å²) in [7, 11) is 5.78. The highest BCUT2D eigenvalue weighted by Gasteiger charge is 2.33. The number of carbonyl (C=O) groups excluding carboxylic acids is 1. The Morgan fingerprint density at radius 3 is 2.71 bits per heavy atom. The van der Waals surface area contributed by atoms with E-state index < -0.39 is 0 Å². The molecule has 0 aromatic carbocycles. The number of hydrogen-bond donors (Lipinski definition) is 1. The van der Waals surface area contributed by atoms with E-state index >= 15 is 0 Å². The fourth-order valence-electron chi connectivity index (χ4n) is 3.43. The maximum atomic E-state index is 11.9. The molecule has 0 radical (unpaired) electrons. The molecule has 2 fully saturated rings. The molecule has 21 heavy (non-hydrogen) atoms. The fourth-order valence-corrected chi connectivity index (χ4v) is 3.43. The third kappa shape index (κ3) is 4.18. The van der Waals surface area contributed by atoms with Gasteiger partial charge in [0.15, 0.2) is 0 Å². The quantitative estimate of drug-likeness (QED) is 0.839. The van der Waals surface area contributed by atoms with E-state index in [0.29, 0.717) is 18.0 Å². The zero-order valence-electron chi connectivity index (χ0n) is 14.1. The van der Waals surface area contributed by atoms with Crippen molar-refractivity contribution in [3.05, 3.63) is 0 Å². The van der Waals surface area contributed by atoms with E-state index in [-0.39, 0.29) is 18.1 Å². The Bertz CT molecular complexity index is 361. The van der Waals surface area contributed by atoms with Crippen LogP contribution in [-0.2, 0) is 9.53 Å². The molecule has 2 heterocycles. The van der Waals surface area contributed by atoms with Gasteiger partial charge in [0, 0.05) is 39.3 Å². The number of piperidine rings is 1. The SMILES string of the molecule is CC1CN(C)C(C)CC1NCC1CCC(C(=O)N(C)C)O1. The van der Waals surface area contributed by atoms with Gasteiger partial charge in [-0.05, 0) is 39.2 Å². The van der Waals surface area contributed by atoms with Gasteiger partial charge >= 0.3 is 0 Å². The molecule has 0 aliphatic carbocycles. The molecule has 0 aromatic heterocycles. The van der Waals surface area contributed by atoms with Crippen molar-refractivity contribution in [1.82, 2.24) is 15.1 Å². The monoisotopic (exact) mass is 297 g/mol. The molecule has 1 N–H and O–H groups in total. The van der Waals surface area contributed by atoms with Gasteiger partial charge in [-0.25, -0.2) is 0 Å². The topological polar surface area (TPSA) is 44.8 Å². The zero-order valence-corrected chi connectivity index (χ0v) is 14.1. The van der Waals surface area contributed by atoms with Crippen molar-refractivity contribution in [3.63, 3.8) is 0 Å². The second-order valence-corrected chi connectivity index (χ2v) is 7.07. The molecule has 5 heteroatoms. The number of nitrogens with one attached hydrogen (secondary N) is 1. The summed E-state index contributed by atoms with van der Waals surface area (Å²) in [6, 6.07) is 1.19. The Morgan fingerprint density at radius 2 is 2.05 bits per heavy atom. The molecule has 1 amide bonds. The van der Waals surface area contributed by atoms with Crippen molar-refractivity contribution in [2.75, 3.05) is 34.2 Å². The van der Waals surface area contributed by atoms with E-state index in [1.165, 1.54) is 6.42 Å². The average molecular weight is 297 g/mol. The molecule has 5 unspecified atom stereocenters. The molecule has 0 bridgehead atoms. The zero-order chi connectivity index (χ0) is 15.6. The van der Waals surface area contributed by atoms with Crippen LogP contribution in [0.5, 0.6) is 0 Å². The molecule has 2 aliphatic rings. The number of likely N-dealkylation sites (N-methyl/N-ethyl adjacent to an activating group) is 1. The van der Waals surface area contributed by atoms with Crippen LogP contribution in [0.4, 0.5) is 0 Å². The predicted octanol–water partition coefficient (Wildman–Crippen LogP) is 0.941. The summed E-state index contributed by atoms with van der Waals surface area (Å²) >= 11 is 0. The first-order valence-electron chi connectivity index (χ1n) is 8.18. The maximum Gasteiger partial charge on any atom is 0.251 e. The normalized spacial score (nSPS) is 37.7. The number of carbonyl (C=O) groups is 1. The predicted molar refractivity (Wildman–Crippen MR) is 84.3 cm³/mol. The van der Waals surface area contributed by atoms with Crippen LogP contribution in [0.2, 0.25) is 0 Å². The van der Waals surface area contributed by atoms with Crippen LogP contribution >= 0.6 is 0 Å². The van der Waals surface area contributed by atoms with E-state index in [1.54, 1.807) is 19.0 Å². The Morgan fingerprint density at radius 1 is 1.33 bits per heavy atom. The van der Waals surface area contributed by atoms with Gasteiger partial charge in [-0.3, -0.25) is 4.79 Å². The molecule has 122 valence electrons. The summed E-state index contributed by atoms with van der Waals surface area (Å²) in [5.41, 5.74) is 0. The van der Waals surface area contributed by atoms with E-state index in [0.717, 1.165) is 25.9 Å². The smallest absolute Gasteiger partial charge is 0.251 e. The van der Waals surface area contributed by atoms with E-state index in [9.17, 15) is 4.79 Å². The number of hydrogen-bond acceptors (Lipinski definition) is 4. The molecule has 0 spiro atoms. The lowest BCUT2D eigenvalue weighted by atomic mass is 9.90. The molecular formula is C16H31N3O2. The number of likely N-dealkylation sites (tertiary alicyclic amines) is 1. The summed E-state index contributed by atoms with van der Waals surface area (Å²) in [5, 5.41) is 3.68. The molecule has 5 nitrogen and oxygen atoms in total. The molecule has 2 aliphatic heterocycles. The first-order valence-corrected chi connectivity index (χ1v) is 8.18. The van der Waals surface area contributed by atoms with Crippen molar-refractivity contribution in [2.45, 2.75) is 57.4 Å². The maximum absolute atomic E-state index is 11.9. The van der Waals surface area contributed by atoms with Gasteiger partial charge in [0.2, 0.25) is 0 Å². The fraction of sp³-hybridized carbons (Fsp3) is 0.938. The minimum absolute atomic E-state index is 0.0961. The lowest BCUT2D eigenvalue weighted by molar-refractivity contribution is -0.140. The van der Waals surface area contributed by atoms with Gasteiger partial charge in [-0.15, -0.1) is 0 Å². The summed E-state index contributed by atoms with van der Waals surface area (Å²) in [6.07, 6.45) is 2.96. The molecule has 5 atom stereocenters. The lowest BCUT2D eigenvalue weighted by Gasteiger charge is -2.40. The highest BCUT2D eigenvalue weighted by Crippen LogP contribution is 2.23. The molecule has 0 aromatic rings.